The van der Waals surface area contributed by atoms with Crippen LogP contribution in [0.5, 0.6) is 0 Å². The molecule has 0 saturated carbocycles. The first kappa shape index (κ1) is 15.0. The molecule has 4 heteroatoms. The summed E-state index contributed by atoms with van der Waals surface area (Å²) in [5, 5.41) is 2.55. The second-order valence-electron chi connectivity index (χ2n) is 5.39. The number of carbonyl (C=O) groups is 2. The maximum absolute atomic E-state index is 12.7. The zero-order valence-electron chi connectivity index (χ0n) is 12.7. The van der Waals surface area contributed by atoms with Crippen molar-refractivity contribution < 1.29 is 9.59 Å². The summed E-state index contributed by atoms with van der Waals surface area (Å²) in [5.74, 6) is -0.00287. The van der Waals surface area contributed by atoms with Gasteiger partial charge in [-0.3, -0.25) is 9.59 Å². The third-order valence-corrected chi connectivity index (χ3v) is 3.92. The first-order valence-corrected chi connectivity index (χ1v) is 7.62. The minimum Gasteiger partial charge on any atom is -0.358 e. The molecule has 0 bridgehead atoms. The van der Waals surface area contributed by atoms with Crippen molar-refractivity contribution in [3.8, 4) is 0 Å². The maximum atomic E-state index is 12.7. The molecule has 0 unspecified atom stereocenters. The third-order valence-electron chi connectivity index (χ3n) is 3.92. The van der Waals surface area contributed by atoms with Crippen LogP contribution in [-0.2, 0) is 16.1 Å². The Balaban J connectivity index is 1.99. The normalized spacial score (nSPS) is 14.0. The highest BCUT2D eigenvalue weighted by Gasteiger charge is 2.20. The lowest BCUT2D eigenvalue weighted by Gasteiger charge is -2.27. The average Bonchev–Trinajstić information content (AvgIpc) is 2.57. The second kappa shape index (κ2) is 6.92. The van der Waals surface area contributed by atoms with E-state index >= 15 is 0 Å². The fourth-order valence-electron chi connectivity index (χ4n) is 2.75. The molecule has 1 aliphatic rings. The number of anilines is 1. The molecule has 116 valence electrons. The van der Waals surface area contributed by atoms with Crippen LogP contribution in [0.2, 0.25) is 0 Å². The quantitative estimate of drug-likeness (QED) is 0.697. The van der Waals surface area contributed by atoms with Crippen LogP contribution >= 0.6 is 0 Å². The summed E-state index contributed by atoms with van der Waals surface area (Å²) in [6.07, 6.45) is 5.02. The Hall–Kier alpha value is -2.88. The SMILES string of the molecule is O=CNCCC(=O)N1Cc2ccccc2/C=C\c2ccccc21. The molecule has 4 nitrogen and oxygen atoms in total. The number of carbonyl (C=O) groups excluding carboxylic acids is 2. The maximum Gasteiger partial charge on any atom is 0.229 e. The summed E-state index contributed by atoms with van der Waals surface area (Å²) in [6, 6.07) is 15.9. The molecule has 23 heavy (non-hydrogen) atoms. The second-order valence-corrected chi connectivity index (χ2v) is 5.39. The minimum atomic E-state index is -0.00287. The van der Waals surface area contributed by atoms with Crippen molar-refractivity contribution in [1.29, 1.82) is 0 Å². The standard InChI is InChI=1S/C19H18N2O2/c22-14-20-12-11-19(23)21-13-17-7-2-1-5-15(17)9-10-16-6-3-4-8-18(16)21/h1-10,14H,11-13H2,(H,20,22)/b10-9-. The molecular formula is C19H18N2O2. The summed E-state index contributed by atoms with van der Waals surface area (Å²) in [7, 11) is 0. The molecule has 1 aliphatic heterocycles. The van der Waals surface area contributed by atoms with Crippen LogP contribution in [0.3, 0.4) is 0 Å². The lowest BCUT2D eigenvalue weighted by molar-refractivity contribution is -0.118. The van der Waals surface area contributed by atoms with E-state index < -0.39 is 0 Å². The van der Waals surface area contributed by atoms with Crippen molar-refractivity contribution in [1.82, 2.24) is 5.32 Å². The molecule has 0 atom stereocenters. The van der Waals surface area contributed by atoms with Crippen LogP contribution in [0.25, 0.3) is 12.2 Å². The van der Waals surface area contributed by atoms with Crippen LogP contribution in [0.1, 0.15) is 23.1 Å². The molecule has 0 aromatic heterocycles. The predicted octanol–water partition coefficient (Wildman–Crippen LogP) is 2.84. The molecule has 0 aliphatic carbocycles. The van der Waals surface area contributed by atoms with E-state index in [1.165, 1.54) is 0 Å². The van der Waals surface area contributed by atoms with Crippen LogP contribution < -0.4 is 10.2 Å². The molecule has 0 saturated heterocycles. The highest BCUT2D eigenvalue weighted by Crippen LogP contribution is 2.29. The Morgan fingerprint density at radius 1 is 1.04 bits per heavy atom. The zero-order chi connectivity index (χ0) is 16.1. The monoisotopic (exact) mass is 306 g/mol. The van der Waals surface area contributed by atoms with Crippen LogP contribution in [0, 0.1) is 0 Å². The third kappa shape index (κ3) is 3.31. The van der Waals surface area contributed by atoms with Gasteiger partial charge in [-0.2, -0.15) is 0 Å². The topological polar surface area (TPSA) is 49.4 Å². The van der Waals surface area contributed by atoms with E-state index in [4.69, 9.17) is 0 Å². The number of benzene rings is 2. The van der Waals surface area contributed by atoms with E-state index in [2.05, 4.69) is 17.5 Å². The van der Waals surface area contributed by atoms with E-state index in [0.29, 0.717) is 19.5 Å². The molecule has 0 fully saturated rings. The van der Waals surface area contributed by atoms with Gasteiger partial charge in [-0.15, -0.1) is 0 Å². The lowest BCUT2D eigenvalue weighted by atomic mass is 10.0. The van der Waals surface area contributed by atoms with Gasteiger partial charge in [0.2, 0.25) is 12.3 Å². The van der Waals surface area contributed by atoms with Crippen molar-refractivity contribution in [2.75, 3.05) is 11.4 Å². The Bertz CT molecular complexity index is 753. The molecular weight excluding hydrogens is 288 g/mol. The van der Waals surface area contributed by atoms with Gasteiger partial charge >= 0.3 is 0 Å². The smallest absolute Gasteiger partial charge is 0.229 e. The van der Waals surface area contributed by atoms with Crippen molar-refractivity contribution in [3.05, 3.63) is 65.2 Å². The Morgan fingerprint density at radius 3 is 2.57 bits per heavy atom. The zero-order valence-corrected chi connectivity index (χ0v) is 12.7. The molecule has 0 spiro atoms. The number of para-hydroxylation sites is 1. The Labute approximate surface area is 135 Å². The number of amides is 2. The van der Waals surface area contributed by atoms with Gasteiger partial charge in [0.15, 0.2) is 0 Å². The van der Waals surface area contributed by atoms with E-state index in [-0.39, 0.29) is 12.3 Å². The van der Waals surface area contributed by atoms with Crippen molar-refractivity contribution in [3.63, 3.8) is 0 Å². The van der Waals surface area contributed by atoms with E-state index in [9.17, 15) is 9.59 Å². The summed E-state index contributed by atoms with van der Waals surface area (Å²) < 4.78 is 0. The Morgan fingerprint density at radius 2 is 1.74 bits per heavy atom. The largest absolute Gasteiger partial charge is 0.358 e. The highest BCUT2D eigenvalue weighted by atomic mass is 16.2. The van der Waals surface area contributed by atoms with Crippen molar-refractivity contribution in [2.45, 2.75) is 13.0 Å². The van der Waals surface area contributed by atoms with Crippen molar-refractivity contribution in [2.24, 2.45) is 0 Å². The molecule has 2 aromatic rings. The van der Waals surface area contributed by atoms with Crippen LogP contribution in [0.4, 0.5) is 5.69 Å². The summed E-state index contributed by atoms with van der Waals surface area (Å²) in [5.41, 5.74) is 4.13. The van der Waals surface area contributed by atoms with Crippen molar-refractivity contribution >= 4 is 30.2 Å². The first-order chi connectivity index (χ1) is 11.3. The number of fused-ring (bicyclic) bond motifs is 2. The first-order valence-electron chi connectivity index (χ1n) is 7.62. The van der Waals surface area contributed by atoms with Gasteiger partial charge in [-0.25, -0.2) is 0 Å². The fourth-order valence-corrected chi connectivity index (χ4v) is 2.75. The Kier molecular flexibility index (Phi) is 4.52. The van der Waals surface area contributed by atoms with Gasteiger partial charge in [-0.1, -0.05) is 54.6 Å². The van der Waals surface area contributed by atoms with Gasteiger partial charge in [0.05, 0.1) is 12.2 Å². The fraction of sp³-hybridized carbons (Fsp3) is 0.158. The molecule has 0 radical (unpaired) electrons. The van der Waals surface area contributed by atoms with Crippen LogP contribution in [0.15, 0.2) is 48.5 Å². The van der Waals surface area contributed by atoms with E-state index in [1.54, 1.807) is 4.90 Å². The average molecular weight is 306 g/mol. The van der Waals surface area contributed by atoms with Gasteiger partial charge in [-0.05, 0) is 22.8 Å². The number of nitrogens with zero attached hydrogens (tertiary/aromatic N) is 1. The number of hydrogen-bond donors (Lipinski definition) is 1. The summed E-state index contributed by atoms with van der Waals surface area (Å²) in [4.78, 5) is 24.8. The number of nitrogens with one attached hydrogen (secondary N) is 1. The molecule has 3 rings (SSSR count). The van der Waals surface area contributed by atoms with E-state index in [0.717, 1.165) is 22.4 Å². The predicted molar refractivity (Wildman–Crippen MR) is 91.7 cm³/mol. The van der Waals surface area contributed by atoms with E-state index in [1.807, 2.05) is 48.5 Å². The van der Waals surface area contributed by atoms with Gasteiger partial charge in [0.1, 0.15) is 0 Å². The molecule has 2 aromatic carbocycles. The highest BCUT2D eigenvalue weighted by molar-refractivity contribution is 5.97. The van der Waals surface area contributed by atoms with Gasteiger partial charge in [0, 0.05) is 13.0 Å². The number of rotatable bonds is 4. The van der Waals surface area contributed by atoms with Crippen LogP contribution in [-0.4, -0.2) is 18.9 Å². The minimum absolute atomic E-state index is 0.00287. The summed E-state index contributed by atoms with van der Waals surface area (Å²) in [6.45, 7) is 0.871. The number of hydrogen-bond acceptors (Lipinski definition) is 2. The van der Waals surface area contributed by atoms with Gasteiger partial charge in [0.25, 0.3) is 0 Å². The lowest BCUT2D eigenvalue weighted by Crippen LogP contribution is -2.33. The van der Waals surface area contributed by atoms with Gasteiger partial charge < -0.3 is 10.2 Å². The molecule has 1 heterocycles. The molecule has 2 amide bonds. The summed E-state index contributed by atoms with van der Waals surface area (Å²) >= 11 is 0. The molecule has 1 N–H and O–H groups in total.